The van der Waals surface area contributed by atoms with E-state index < -0.39 is 11.2 Å². The largest absolute Gasteiger partial charge is 0.444 e. The smallest absolute Gasteiger partial charge is 0.410 e. The first kappa shape index (κ1) is 15.7. The zero-order valence-corrected chi connectivity index (χ0v) is 14.6. The summed E-state index contributed by atoms with van der Waals surface area (Å²) in [6.45, 7) is 5.56. The molecular formula is C16H21BrN2O3. The Bertz CT molecular complexity index is 584. The first-order chi connectivity index (χ1) is 10.2. The maximum Gasteiger partial charge on any atom is 0.410 e. The van der Waals surface area contributed by atoms with Crippen molar-refractivity contribution in [3.05, 3.63) is 28.5 Å². The molecule has 1 aromatic rings. The molecule has 5 nitrogen and oxygen atoms in total. The van der Waals surface area contributed by atoms with Crippen molar-refractivity contribution in [1.82, 2.24) is 9.88 Å². The summed E-state index contributed by atoms with van der Waals surface area (Å²) in [6.07, 6.45) is 3.59. The van der Waals surface area contributed by atoms with E-state index in [-0.39, 0.29) is 18.2 Å². The normalized spacial score (nSPS) is 30.7. The number of nitrogens with zero attached hydrogens (tertiary/aromatic N) is 2. The van der Waals surface area contributed by atoms with E-state index >= 15 is 0 Å². The summed E-state index contributed by atoms with van der Waals surface area (Å²) in [5, 5.41) is 11.2. The van der Waals surface area contributed by atoms with Gasteiger partial charge in [0, 0.05) is 24.2 Å². The topological polar surface area (TPSA) is 62.7 Å². The first-order valence-electron chi connectivity index (χ1n) is 7.56. The minimum Gasteiger partial charge on any atom is -0.444 e. The molecule has 0 aliphatic carbocycles. The standard InChI is InChI=1S/C16H21BrN2O3/c1-15(2,3)22-14(20)19-11-5-6-12(19)16(21,8-11)10-4-7-13(17)18-9-10/h4,7,9,11-12,21H,5-6,8H2,1-3H3/t11-,12+,16-/m0/s1. The number of carbonyl (C=O) groups excluding carboxylic acids is 1. The monoisotopic (exact) mass is 368 g/mol. The van der Waals surface area contributed by atoms with Gasteiger partial charge in [0.25, 0.3) is 0 Å². The van der Waals surface area contributed by atoms with Gasteiger partial charge in [-0.2, -0.15) is 0 Å². The van der Waals surface area contributed by atoms with Crippen molar-refractivity contribution in [2.24, 2.45) is 0 Å². The summed E-state index contributed by atoms with van der Waals surface area (Å²) < 4.78 is 6.23. The number of halogens is 1. The fourth-order valence-electron chi connectivity index (χ4n) is 3.58. The van der Waals surface area contributed by atoms with Gasteiger partial charge in [-0.25, -0.2) is 9.78 Å². The molecule has 0 spiro atoms. The molecule has 0 radical (unpaired) electrons. The number of ether oxygens (including phenoxy) is 1. The van der Waals surface area contributed by atoms with Crippen molar-refractivity contribution < 1.29 is 14.6 Å². The van der Waals surface area contributed by atoms with Crippen molar-refractivity contribution in [3.63, 3.8) is 0 Å². The Labute approximate surface area is 138 Å². The Kier molecular flexibility index (Phi) is 3.72. The highest BCUT2D eigenvalue weighted by Crippen LogP contribution is 2.50. The Morgan fingerprint density at radius 3 is 2.77 bits per heavy atom. The zero-order chi connectivity index (χ0) is 16.1. The van der Waals surface area contributed by atoms with Gasteiger partial charge >= 0.3 is 6.09 Å². The van der Waals surface area contributed by atoms with Crippen LogP contribution in [0.2, 0.25) is 0 Å². The van der Waals surface area contributed by atoms with Crippen LogP contribution in [0.15, 0.2) is 22.9 Å². The number of fused-ring (bicyclic) bond motifs is 2. The Morgan fingerprint density at radius 2 is 2.18 bits per heavy atom. The van der Waals surface area contributed by atoms with Gasteiger partial charge in [0.05, 0.1) is 6.04 Å². The summed E-state index contributed by atoms with van der Waals surface area (Å²) in [6, 6.07) is 3.48. The van der Waals surface area contributed by atoms with E-state index in [1.54, 1.807) is 11.1 Å². The third kappa shape index (κ3) is 2.63. The number of hydrogen-bond donors (Lipinski definition) is 1. The van der Waals surface area contributed by atoms with E-state index in [0.717, 1.165) is 23.0 Å². The van der Waals surface area contributed by atoms with Crippen molar-refractivity contribution in [2.45, 2.75) is 63.3 Å². The summed E-state index contributed by atoms with van der Waals surface area (Å²) >= 11 is 3.30. The van der Waals surface area contributed by atoms with Gasteiger partial charge < -0.3 is 9.84 Å². The fourth-order valence-corrected chi connectivity index (χ4v) is 3.82. The van der Waals surface area contributed by atoms with Gasteiger partial charge in [-0.15, -0.1) is 0 Å². The highest BCUT2D eigenvalue weighted by Gasteiger charge is 2.58. The summed E-state index contributed by atoms with van der Waals surface area (Å²) in [4.78, 5) is 18.4. The van der Waals surface area contributed by atoms with Crippen LogP contribution in [0.1, 0.15) is 45.6 Å². The highest BCUT2D eigenvalue weighted by molar-refractivity contribution is 9.10. The molecule has 0 aromatic carbocycles. The number of amides is 1. The quantitative estimate of drug-likeness (QED) is 0.773. The van der Waals surface area contributed by atoms with Crippen LogP contribution in [0.5, 0.6) is 0 Å². The van der Waals surface area contributed by atoms with Crippen LogP contribution in [0.3, 0.4) is 0 Å². The van der Waals surface area contributed by atoms with Gasteiger partial charge in [0.2, 0.25) is 0 Å². The molecule has 3 rings (SSSR count). The fraction of sp³-hybridized carbons (Fsp3) is 0.625. The lowest BCUT2D eigenvalue weighted by Gasteiger charge is -2.33. The molecule has 2 fully saturated rings. The van der Waals surface area contributed by atoms with Crippen molar-refractivity contribution in [1.29, 1.82) is 0 Å². The molecule has 1 amide bonds. The number of hydrogen-bond acceptors (Lipinski definition) is 4. The molecule has 1 aromatic heterocycles. The van der Waals surface area contributed by atoms with Gasteiger partial charge in [-0.1, -0.05) is 6.07 Å². The van der Waals surface area contributed by atoms with E-state index in [0.29, 0.717) is 6.42 Å². The zero-order valence-electron chi connectivity index (χ0n) is 13.0. The summed E-state index contributed by atoms with van der Waals surface area (Å²) in [5.41, 5.74) is -0.805. The van der Waals surface area contributed by atoms with Gasteiger partial charge in [-0.05, 0) is 55.6 Å². The van der Waals surface area contributed by atoms with E-state index in [9.17, 15) is 9.90 Å². The lowest BCUT2D eigenvalue weighted by molar-refractivity contribution is -0.0157. The third-order valence-corrected chi connectivity index (χ3v) is 4.90. The number of rotatable bonds is 1. The molecule has 120 valence electrons. The molecule has 3 heterocycles. The maximum atomic E-state index is 12.5. The predicted molar refractivity (Wildman–Crippen MR) is 85.3 cm³/mol. The highest BCUT2D eigenvalue weighted by atomic mass is 79.9. The Balaban J connectivity index is 1.86. The molecule has 2 bridgehead atoms. The second-order valence-corrected chi connectivity index (χ2v) is 7.95. The van der Waals surface area contributed by atoms with Crippen LogP contribution in [-0.4, -0.2) is 38.8 Å². The van der Waals surface area contributed by atoms with Crippen molar-refractivity contribution >= 4 is 22.0 Å². The van der Waals surface area contributed by atoms with Crippen molar-refractivity contribution in [2.75, 3.05) is 0 Å². The molecule has 2 aliphatic rings. The SMILES string of the molecule is CC(C)(C)OC(=O)N1[C@H]2CC[C@@H]1[C@@](O)(c1ccc(Br)nc1)C2. The van der Waals surface area contributed by atoms with E-state index in [4.69, 9.17) is 4.74 Å². The number of aliphatic hydroxyl groups is 1. The first-order valence-corrected chi connectivity index (χ1v) is 8.36. The van der Waals surface area contributed by atoms with Crippen LogP contribution in [0.4, 0.5) is 4.79 Å². The van der Waals surface area contributed by atoms with Crippen LogP contribution in [-0.2, 0) is 10.3 Å². The Morgan fingerprint density at radius 1 is 1.45 bits per heavy atom. The second kappa shape index (κ2) is 5.20. The molecule has 0 unspecified atom stereocenters. The van der Waals surface area contributed by atoms with Crippen LogP contribution in [0.25, 0.3) is 0 Å². The van der Waals surface area contributed by atoms with E-state index in [1.807, 2.05) is 32.9 Å². The molecule has 1 N–H and O–H groups in total. The minimum atomic E-state index is -1.03. The lowest BCUT2D eigenvalue weighted by atomic mass is 9.80. The second-order valence-electron chi connectivity index (χ2n) is 7.13. The van der Waals surface area contributed by atoms with Crippen LogP contribution in [0, 0.1) is 0 Å². The van der Waals surface area contributed by atoms with Crippen molar-refractivity contribution in [3.8, 4) is 0 Å². The summed E-state index contributed by atoms with van der Waals surface area (Å²) in [5.74, 6) is 0. The van der Waals surface area contributed by atoms with E-state index in [1.165, 1.54) is 0 Å². The molecule has 2 saturated heterocycles. The Hall–Kier alpha value is -1.14. The lowest BCUT2D eigenvalue weighted by Crippen LogP contribution is -2.45. The van der Waals surface area contributed by atoms with Gasteiger partial charge in [-0.3, -0.25) is 4.90 Å². The minimum absolute atomic E-state index is 0.0356. The summed E-state index contributed by atoms with van der Waals surface area (Å²) in [7, 11) is 0. The van der Waals surface area contributed by atoms with Crippen LogP contribution >= 0.6 is 15.9 Å². The van der Waals surface area contributed by atoms with Gasteiger partial charge in [0.15, 0.2) is 0 Å². The molecule has 2 aliphatic heterocycles. The van der Waals surface area contributed by atoms with Gasteiger partial charge in [0.1, 0.15) is 15.8 Å². The average Bonchev–Trinajstić information content (AvgIpc) is 2.92. The molecule has 22 heavy (non-hydrogen) atoms. The molecule has 0 saturated carbocycles. The number of aromatic nitrogens is 1. The van der Waals surface area contributed by atoms with E-state index in [2.05, 4.69) is 20.9 Å². The predicted octanol–water partition coefficient (Wildman–Crippen LogP) is 3.20. The van der Waals surface area contributed by atoms with Crippen LogP contribution < -0.4 is 0 Å². The number of pyridine rings is 1. The third-order valence-electron chi connectivity index (χ3n) is 4.43. The molecule has 3 atom stereocenters. The average molecular weight is 369 g/mol. The maximum absolute atomic E-state index is 12.5. The molecule has 6 heteroatoms. The molecular weight excluding hydrogens is 348 g/mol. The number of carbonyl (C=O) groups is 1.